The lowest BCUT2D eigenvalue weighted by Gasteiger charge is -2.07. The summed E-state index contributed by atoms with van der Waals surface area (Å²) in [6, 6.07) is 14.0. The van der Waals surface area contributed by atoms with Crippen molar-refractivity contribution in [2.24, 2.45) is 0 Å². The fourth-order valence-electron chi connectivity index (χ4n) is 2.13. The maximum atomic E-state index is 13.6. The van der Waals surface area contributed by atoms with Gasteiger partial charge in [-0.25, -0.2) is 9.18 Å². The number of aryl methyl sites for hydroxylation is 1. The van der Waals surface area contributed by atoms with Crippen molar-refractivity contribution in [3.8, 4) is 0 Å². The molecule has 0 atom stereocenters. The Hall–Kier alpha value is -2.20. The van der Waals surface area contributed by atoms with Gasteiger partial charge in [-0.15, -0.1) is 0 Å². The van der Waals surface area contributed by atoms with Gasteiger partial charge in [-0.3, -0.25) is 0 Å². The van der Waals surface area contributed by atoms with Crippen LogP contribution >= 0.6 is 0 Å². The Morgan fingerprint density at radius 1 is 1.14 bits per heavy atom. The lowest BCUT2D eigenvalue weighted by atomic mass is 10.1. The van der Waals surface area contributed by atoms with Crippen molar-refractivity contribution in [3.05, 3.63) is 71.0 Å². The molecule has 0 spiro atoms. The van der Waals surface area contributed by atoms with E-state index in [2.05, 4.69) is 17.4 Å². The number of benzene rings is 2. The Balaban J connectivity index is 1.78. The van der Waals surface area contributed by atoms with Crippen LogP contribution in [-0.4, -0.2) is 17.6 Å². The van der Waals surface area contributed by atoms with Crippen LogP contribution < -0.4 is 5.32 Å². The lowest BCUT2D eigenvalue weighted by Crippen LogP contribution is -2.16. The summed E-state index contributed by atoms with van der Waals surface area (Å²) in [5.74, 6) is -1.42. The predicted molar refractivity (Wildman–Crippen MR) is 79.8 cm³/mol. The third-order valence-corrected chi connectivity index (χ3v) is 3.27. The highest BCUT2D eigenvalue weighted by Gasteiger charge is 2.07. The lowest BCUT2D eigenvalue weighted by molar-refractivity contribution is 0.0696. The Morgan fingerprint density at radius 2 is 1.90 bits per heavy atom. The van der Waals surface area contributed by atoms with E-state index in [9.17, 15) is 9.18 Å². The first-order valence-electron chi connectivity index (χ1n) is 6.93. The minimum atomic E-state index is -1.04. The SMILES string of the molecule is O=C(O)c1ccc(F)c(CNCCCc2ccccc2)c1. The molecule has 0 fully saturated rings. The molecular weight excluding hydrogens is 269 g/mol. The van der Waals surface area contributed by atoms with Gasteiger partial charge in [0.1, 0.15) is 5.82 Å². The average molecular weight is 287 g/mol. The number of carboxylic acid groups (broad SMARTS) is 1. The van der Waals surface area contributed by atoms with E-state index in [1.165, 1.54) is 23.8 Å². The number of hydrogen-bond donors (Lipinski definition) is 2. The van der Waals surface area contributed by atoms with Crippen LogP contribution in [0.2, 0.25) is 0 Å². The molecule has 0 saturated heterocycles. The molecular formula is C17H18FNO2. The zero-order chi connectivity index (χ0) is 15.1. The van der Waals surface area contributed by atoms with Gasteiger partial charge >= 0.3 is 5.97 Å². The molecule has 0 aliphatic carbocycles. The second kappa shape index (κ2) is 7.55. The Bertz CT molecular complexity index is 599. The highest BCUT2D eigenvalue weighted by atomic mass is 19.1. The number of hydrogen-bond acceptors (Lipinski definition) is 2. The van der Waals surface area contributed by atoms with E-state index in [0.717, 1.165) is 19.4 Å². The summed E-state index contributed by atoms with van der Waals surface area (Å²) in [7, 11) is 0. The van der Waals surface area contributed by atoms with E-state index in [1.807, 2.05) is 18.2 Å². The Morgan fingerprint density at radius 3 is 2.62 bits per heavy atom. The normalized spacial score (nSPS) is 10.5. The summed E-state index contributed by atoms with van der Waals surface area (Å²) in [5.41, 5.74) is 1.77. The molecule has 2 N–H and O–H groups in total. The van der Waals surface area contributed by atoms with E-state index in [4.69, 9.17) is 5.11 Å². The monoisotopic (exact) mass is 287 g/mol. The molecule has 2 aromatic rings. The number of carboxylic acids is 1. The molecule has 3 nitrogen and oxygen atoms in total. The molecule has 0 aliphatic heterocycles. The molecule has 0 amide bonds. The minimum Gasteiger partial charge on any atom is -0.478 e. The second-order valence-electron chi connectivity index (χ2n) is 4.88. The van der Waals surface area contributed by atoms with Gasteiger partial charge in [-0.05, 0) is 43.1 Å². The molecule has 110 valence electrons. The van der Waals surface area contributed by atoms with Crippen molar-refractivity contribution < 1.29 is 14.3 Å². The zero-order valence-electron chi connectivity index (χ0n) is 11.7. The number of rotatable bonds is 7. The van der Waals surface area contributed by atoms with Gasteiger partial charge in [0.25, 0.3) is 0 Å². The number of nitrogens with one attached hydrogen (secondary N) is 1. The minimum absolute atomic E-state index is 0.109. The first-order valence-corrected chi connectivity index (χ1v) is 6.93. The maximum absolute atomic E-state index is 13.6. The summed E-state index contributed by atoms with van der Waals surface area (Å²) in [5, 5.41) is 12.0. The highest BCUT2D eigenvalue weighted by Crippen LogP contribution is 2.10. The zero-order valence-corrected chi connectivity index (χ0v) is 11.7. The number of aromatic carboxylic acids is 1. The maximum Gasteiger partial charge on any atom is 0.335 e. The average Bonchev–Trinajstić information content (AvgIpc) is 2.49. The molecule has 0 aromatic heterocycles. The molecule has 2 rings (SSSR count). The Kier molecular flexibility index (Phi) is 5.46. The van der Waals surface area contributed by atoms with E-state index >= 15 is 0 Å². The predicted octanol–water partition coefficient (Wildman–Crippen LogP) is 3.25. The molecule has 0 unspecified atom stereocenters. The largest absolute Gasteiger partial charge is 0.478 e. The van der Waals surface area contributed by atoms with Gasteiger partial charge in [-0.1, -0.05) is 30.3 Å². The van der Waals surface area contributed by atoms with E-state index in [-0.39, 0.29) is 11.4 Å². The van der Waals surface area contributed by atoms with Gasteiger partial charge in [0.2, 0.25) is 0 Å². The van der Waals surface area contributed by atoms with Crippen molar-refractivity contribution in [3.63, 3.8) is 0 Å². The molecule has 0 aliphatic rings. The van der Waals surface area contributed by atoms with Crippen LogP contribution in [0.15, 0.2) is 48.5 Å². The number of halogens is 1. The summed E-state index contributed by atoms with van der Waals surface area (Å²) >= 11 is 0. The van der Waals surface area contributed by atoms with Crippen LogP contribution in [0, 0.1) is 5.82 Å². The van der Waals surface area contributed by atoms with Crippen LogP contribution in [0.25, 0.3) is 0 Å². The Labute approximate surface area is 123 Å². The van der Waals surface area contributed by atoms with Gasteiger partial charge in [0, 0.05) is 12.1 Å². The molecule has 2 aromatic carbocycles. The first kappa shape index (κ1) is 15.2. The van der Waals surface area contributed by atoms with Crippen molar-refractivity contribution >= 4 is 5.97 Å². The van der Waals surface area contributed by atoms with Crippen LogP contribution in [-0.2, 0) is 13.0 Å². The summed E-state index contributed by atoms with van der Waals surface area (Å²) < 4.78 is 13.6. The quantitative estimate of drug-likeness (QED) is 0.769. The van der Waals surface area contributed by atoms with Gasteiger partial charge < -0.3 is 10.4 Å². The van der Waals surface area contributed by atoms with Crippen LogP contribution in [0.3, 0.4) is 0 Å². The molecule has 21 heavy (non-hydrogen) atoms. The molecule has 0 bridgehead atoms. The topological polar surface area (TPSA) is 49.3 Å². The fraction of sp³-hybridized carbons (Fsp3) is 0.235. The van der Waals surface area contributed by atoms with Crippen LogP contribution in [0.5, 0.6) is 0 Å². The third kappa shape index (κ3) is 4.68. The van der Waals surface area contributed by atoms with Crippen LogP contribution in [0.4, 0.5) is 4.39 Å². The summed E-state index contributed by atoms with van der Waals surface area (Å²) in [4.78, 5) is 10.9. The number of carbonyl (C=O) groups is 1. The summed E-state index contributed by atoms with van der Waals surface area (Å²) in [6.45, 7) is 1.09. The van der Waals surface area contributed by atoms with Crippen molar-refractivity contribution in [1.29, 1.82) is 0 Å². The van der Waals surface area contributed by atoms with Crippen molar-refractivity contribution in [2.45, 2.75) is 19.4 Å². The molecule has 0 radical (unpaired) electrons. The summed E-state index contributed by atoms with van der Waals surface area (Å²) in [6.07, 6.45) is 1.91. The van der Waals surface area contributed by atoms with Gasteiger partial charge in [0.15, 0.2) is 0 Å². The standard InChI is InChI=1S/C17H18FNO2/c18-16-9-8-14(17(20)21)11-15(16)12-19-10-4-7-13-5-2-1-3-6-13/h1-3,5-6,8-9,11,19H,4,7,10,12H2,(H,20,21). The highest BCUT2D eigenvalue weighted by molar-refractivity contribution is 5.87. The van der Waals surface area contributed by atoms with E-state index in [0.29, 0.717) is 12.1 Å². The van der Waals surface area contributed by atoms with E-state index < -0.39 is 5.97 Å². The van der Waals surface area contributed by atoms with E-state index in [1.54, 1.807) is 0 Å². The van der Waals surface area contributed by atoms with Crippen molar-refractivity contribution in [2.75, 3.05) is 6.54 Å². The van der Waals surface area contributed by atoms with Crippen LogP contribution in [0.1, 0.15) is 27.9 Å². The third-order valence-electron chi connectivity index (χ3n) is 3.27. The molecule has 0 heterocycles. The second-order valence-corrected chi connectivity index (χ2v) is 4.88. The van der Waals surface area contributed by atoms with Gasteiger partial charge in [0.05, 0.1) is 5.56 Å². The van der Waals surface area contributed by atoms with Crippen molar-refractivity contribution in [1.82, 2.24) is 5.32 Å². The molecule has 4 heteroatoms. The van der Waals surface area contributed by atoms with Gasteiger partial charge in [-0.2, -0.15) is 0 Å². The smallest absolute Gasteiger partial charge is 0.335 e. The molecule has 0 saturated carbocycles. The fourth-order valence-corrected chi connectivity index (χ4v) is 2.13. The first-order chi connectivity index (χ1) is 10.2.